The van der Waals surface area contributed by atoms with Crippen LogP contribution in [0, 0.1) is 16.0 Å². The standard InChI is InChI=1S/C14H19N3O3S/c1-9(2)13-8-16(5-6-21-13)14(18)10-3-4-11(15)12(7-10)17(19)20/h3-4,7,9,13H,5-6,8,15H2,1-2H3/t13-/m0/s1. The number of nitro benzene ring substituents is 1. The van der Waals surface area contributed by atoms with Crippen molar-refractivity contribution in [2.75, 3.05) is 24.6 Å². The molecule has 1 amide bonds. The summed E-state index contributed by atoms with van der Waals surface area (Å²) in [5.74, 6) is 1.22. The zero-order valence-electron chi connectivity index (χ0n) is 12.1. The van der Waals surface area contributed by atoms with Crippen molar-refractivity contribution in [1.82, 2.24) is 4.90 Å². The van der Waals surface area contributed by atoms with Gasteiger partial charge in [-0.2, -0.15) is 11.8 Å². The SMILES string of the molecule is CC(C)[C@@H]1CN(C(=O)c2ccc(N)c([N+](=O)[O-])c2)CCS1. The van der Waals surface area contributed by atoms with Crippen LogP contribution in [-0.2, 0) is 0 Å². The first-order chi connectivity index (χ1) is 9.90. The lowest BCUT2D eigenvalue weighted by Crippen LogP contribution is -2.43. The number of hydrogen-bond acceptors (Lipinski definition) is 5. The van der Waals surface area contributed by atoms with Crippen LogP contribution in [0.2, 0.25) is 0 Å². The molecule has 1 aliphatic heterocycles. The van der Waals surface area contributed by atoms with Gasteiger partial charge in [0.25, 0.3) is 11.6 Å². The highest BCUT2D eigenvalue weighted by Crippen LogP contribution is 2.27. The van der Waals surface area contributed by atoms with Crippen LogP contribution in [0.5, 0.6) is 0 Å². The van der Waals surface area contributed by atoms with E-state index in [2.05, 4.69) is 13.8 Å². The van der Waals surface area contributed by atoms with Crippen LogP contribution in [0.3, 0.4) is 0 Å². The molecule has 0 aromatic heterocycles. The molecule has 1 heterocycles. The van der Waals surface area contributed by atoms with Gasteiger partial charge in [-0.25, -0.2) is 0 Å². The van der Waals surface area contributed by atoms with Gasteiger partial charge in [0.2, 0.25) is 0 Å². The maximum absolute atomic E-state index is 12.5. The van der Waals surface area contributed by atoms with Crippen LogP contribution in [0.1, 0.15) is 24.2 Å². The van der Waals surface area contributed by atoms with Crippen LogP contribution in [-0.4, -0.2) is 39.8 Å². The van der Waals surface area contributed by atoms with Crippen molar-refractivity contribution in [1.29, 1.82) is 0 Å². The number of rotatable bonds is 3. The van der Waals surface area contributed by atoms with E-state index >= 15 is 0 Å². The Kier molecular flexibility index (Phi) is 4.72. The Morgan fingerprint density at radius 1 is 1.52 bits per heavy atom. The number of carbonyl (C=O) groups is 1. The Balaban J connectivity index is 2.20. The van der Waals surface area contributed by atoms with Crippen LogP contribution in [0.25, 0.3) is 0 Å². The highest BCUT2D eigenvalue weighted by molar-refractivity contribution is 8.00. The molecule has 1 atom stereocenters. The predicted molar refractivity (Wildman–Crippen MR) is 84.5 cm³/mol. The average Bonchev–Trinajstić information content (AvgIpc) is 2.46. The summed E-state index contributed by atoms with van der Waals surface area (Å²) < 4.78 is 0. The minimum atomic E-state index is -0.560. The fourth-order valence-electron chi connectivity index (χ4n) is 2.28. The Hall–Kier alpha value is -1.76. The van der Waals surface area contributed by atoms with Crippen molar-refractivity contribution in [3.63, 3.8) is 0 Å². The molecule has 1 aromatic carbocycles. The van der Waals surface area contributed by atoms with Gasteiger partial charge in [0.1, 0.15) is 5.69 Å². The lowest BCUT2D eigenvalue weighted by molar-refractivity contribution is -0.383. The van der Waals surface area contributed by atoms with Gasteiger partial charge >= 0.3 is 0 Å². The third-order valence-electron chi connectivity index (χ3n) is 3.60. The number of thioether (sulfide) groups is 1. The van der Waals surface area contributed by atoms with E-state index in [0.29, 0.717) is 29.8 Å². The van der Waals surface area contributed by atoms with E-state index in [1.165, 1.54) is 12.1 Å². The topological polar surface area (TPSA) is 89.5 Å². The Labute approximate surface area is 127 Å². The second-order valence-corrected chi connectivity index (χ2v) is 6.78. The van der Waals surface area contributed by atoms with Crippen molar-refractivity contribution in [2.45, 2.75) is 19.1 Å². The smallest absolute Gasteiger partial charge is 0.292 e. The number of nitrogens with two attached hydrogens (primary N) is 1. The Morgan fingerprint density at radius 2 is 2.24 bits per heavy atom. The first kappa shape index (κ1) is 15.6. The number of carbonyl (C=O) groups excluding carboxylic acids is 1. The quantitative estimate of drug-likeness (QED) is 0.526. The highest BCUT2D eigenvalue weighted by Gasteiger charge is 2.27. The summed E-state index contributed by atoms with van der Waals surface area (Å²) in [5, 5.41) is 11.3. The van der Waals surface area contributed by atoms with E-state index in [1.54, 1.807) is 11.0 Å². The molecule has 7 heteroatoms. The first-order valence-electron chi connectivity index (χ1n) is 6.85. The number of amides is 1. The number of nitrogen functional groups attached to an aromatic ring is 1. The predicted octanol–water partition coefficient (Wildman–Crippen LogP) is 2.39. The number of hydrogen-bond donors (Lipinski definition) is 1. The van der Waals surface area contributed by atoms with E-state index in [1.807, 2.05) is 11.8 Å². The van der Waals surface area contributed by atoms with Crippen molar-refractivity contribution in [2.24, 2.45) is 5.92 Å². The van der Waals surface area contributed by atoms with Gasteiger partial charge in [0.15, 0.2) is 0 Å². The average molecular weight is 309 g/mol. The second kappa shape index (κ2) is 6.34. The van der Waals surface area contributed by atoms with Crippen molar-refractivity contribution in [3.8, 4) is 0 Å². The molecule has 6 nitrogen and oxygen atoms in total. The van der Waals surface area contributed by atoms with Crippen LogP contribution >= 0.6 is 11.8 Å². The molecule has 0 unspecified atom stereocenters. The summed E-state index contributed by atoms with van der Waals surface area (Å²) in [6, 6.07) is 4.24. The number of nitrogens with zero attached hydrogens (tertiary/aromatic N) is 2. The Morgan fingerprint density at radius 3 is 2.86 bits per heavy atom. The second-order valence-electron chi connectivity index (χ2n) is 5.44. The fourth-order valence-corrected chi connectivity index (χ4v) is 3.58. The molecule has 0 spiro atoms. The molecule has 21 heavy (non-hydrogen) atoms. The van der Waals surface area contributed by atoms with Gasteiger partial charge in [0.05, 0.1) is 4.92 Å². The summed E-state index contributed by atoms with van der Waals surface area (Å²) in [5.41, 5.74) is 5.74. The molecule has 0 aliphatic carbocycles. The summed E-state index contributed by atoms with van der Waals surface area (Å²) in [6.07, 6.45) is 0. The summed E-state index contributed by atoms with van der Waals surface area (Å²) in [4.78, 5) is 24.6. The maximum atomic E-state index is 12.5. The van der Waals surface area contributed by atoms with Crippen molar-refractivity contribution >= 4 is 29.0 Å². The van der Waals surface area contributed by atoms with E-state index in [9.17, 15) is 14.9 Å². The van der Waals surface area contributed by atoms with Crippen LogP contribution < -0.4 is 5.73 Å². The highest BCUT2D eigenvalue weighted by atomic mass is 32.2. The van der Waals surface area contributed by atoms with E-state index in [0.717, 1.165) is 5.75 Å². The first-order valence-corrected chi connectivity index (χ1v) is 7.90. The molecule has 2 rings (SSSR count). The molecule has 1 fully saturated rings. The van der Waals surface area contributed by atoms with E-state index in [-0.39, 0.29) is 17.3 Å². The molecule has 0 radical (unpaired) electrons. The zero-order valence-corrected chi connectivity index (χ0v) is 12.9. The van der Waals surface area contributed by atoms with Gasteiger partial charge in [-0.15, -0.1) is 0 Å². The lowest BCUT2D eigenvalue weighted by Gasteiger charge is -2.34. The molecule has 1 aromatic rings. The summed E-state index contributed by atoms with van der Waals surface area (Å²) in [6.45, 7) is 5.63. The van der Waals surface area contributed by atoms with Gasteiger partial charge < -0.3 is 10.6 Å². The van der Waals surface area contributed by atoms with Gasteiger partial charge in [-0.3, -0.25) is 14.9 Å². The lowest BCUT2D eigenvalue weighted by atomic mass is 10.1. The normalized spacial score (nSPS) is 18.8. The number of nitro groups is 1. The third-order valence-corrected chi connectivity index (χ3v) is 5.14. The molecule has 0 saturated carbocycles. The molecule has 1 aliphatic rings. The van der Waals surface area contributed by atoms with Crippen molar-refractivity contribution in [3.05, 3.63) is 33.9 Å². The monoisotopic (exact) mass is 309 g/mol. The summed E-state index contributed by atoms with van der Waals surface area (Å²) in [7, 11) is 0. The van der Waals surface area contributed by atoms with E-state index in [4.69, 9.17) is 5.73 Å². The van der Waals surface area contributed by atoms with Gasteiger partial charge in [0, 0.05) is 35.7 Å². The Bertz CT molecular complexity index is 562. The zero-order chi connectivity index (χ0) is 15.6. The molecule has 1 saturated heterocycles. The molecule has 2 N–H and O–H groups in total. The molecule has 114 valence electrons. The number of anilines is 1. The largest absolute Gasteiger partial charge is 0.393 e. The van der Waals surface area contributed by atoms with Crippen molar-refractivity contribution < 1.29 is 9.72 Å². The van der Waals surface area contributed by atoms with E-state index < -0.39 is 4.92 Å². The third kappa shape index (κ3) is 3.47. The molecular weight excluding hydrogens is 290 g/mol. The fraction of sp³-hybridized carbons (Fsp3) is 0.500. The molecule has 0 bridgehead atoms. The summed E-state index contributed by atoms with van der Waals surface area (Å²) >= 11 is 1.88. The van der Waals surface area contributed by atoms with Gasteiger partial charge in [-0.05, 0) is 18.1 Å². The number of benzene rings is 1. The molecular formula is C14H19N3O3S. The van der Waals surface area contributed by atoms with Crippen LogP contribution in [0.15, 0.2) is 18.2 Å². The van der Waals surface area contributed by atoms with Crippen LogP contribution in [0.4, 0.5) is 11.4 Å². The minimum absolute atomic E-state index is 0.0748. The minimum Gasteiger partial charge on any atom is -0.393 e. The van der Waals surface area contributed by atoms with Gasteiger partial charge in [-0.1, -0.05) is 13.8 Å². The maximum Gasteiger partial charge on any atom is 0.292 e.